The number of halogens is 1. The van der Waals surface area contributed by atoms with Crippen molar-refractivity contribution < 1.29 is 9.53 Å². The molecule has 6 nitrogen and oxygen atoms in total. The molecule has 0 radical (unpaired) electrons. The van der Waals surface area contributed by atoms with Crippen molar-refractivity contribution in [3.63, 3.8) is 0 Å². The summed E-state index contributed by atoms with van der Waals surface area (Å²) in [7, 11) is 3.55. The molecule has 0 aliphatic heterocycles. The van der Waals surface area contributed by atoms with Gasteiger partial charge in [0, 0.05) is 23.8 Å². The van der Waals surface area contributed by atoms with Crippen LogP contribution in [0.3, 0.4) is 0 Å². The predicted molar refractivity (Wildman–Crippen MR) is 85.0 cm³/mol. The van der Waals surface area contributed by atoms with Gasteiger partial charge >= 0.3 is 0 Å². The number of hydrogen-bond donors (Lipinski definition) is 2. The second-order valence-corrected chi connectivity index (χ2v) is 5.20. The maximum atomic E-state index is 12.2. The predicted octanol–water partition coefficient (Wildman–Crippen LogP) is 1.53. The molecule has 118 valence electrons. The van der Waals surface area contributed by atoms with Crippen LogP contribution in [0.4, 0.5) is 0 Å². The Morgan fingerprint density at radius 2 is 2.32 bits per heavy atom. The van der Waals surface area contributed by atoms with Gasteiger partial charge in [0.25, 0.3) is 0 Å². The van der Waals surface area contributed by atoms with Gasteiger partial charge in [0.1, 0.15) is 18.4 Å². The second-order valence-electron chi connectivity index (χ2n) is 4.77. The summed E-state index contributed by atoms with van der Waals surface area (Å²) >= 11 is 5.87. The number of aryl methyl sites for hydroxylation is 1. The fourth-order valence-corrected chi connectivity index (χ4v) is 2.22. The molecule has 1 aromatic heterocycles. The Morgan fingerprint density at radius 3 is 2.95 bits per heavy atom. The van der Waals surface area contributed by atoms with Crippen molar-refractivity contribution in [1.29, 1.82) is 0 Å². The number of aromatic nitrogens is 2. The molecule has 2 aromatic rings. The second kappa shape index (κ2) is 7.82. The number of carbonyl (C=O) groups excluding carboxylic acids is 1. The van der Waals surface area contributed by atoms with Gasteiger partial charge in [0.05, 0.1) is 12.7 Å². The summed E-state index contributed by atoms with van der Waals surface area (Å²) in [6.07, 6.45) is 3.48. The zero-order valence-corrected chi connectivity index (χ0v) is 13.3. The van der Waals surface area contributed by atoms with E-state index in [-0.39, 0.29) is 5.91 Å². The number of likely N-dealkylation sites (N-methyl/N-ethyl adjacent to an activating group) is 1. The topological polar surface area (TPSA) is 68.2 Å². The van der Waals surface area contributed by atoms with Crippen molar-refractivity contribution in [2.24, 2.45) is 7.05 Å². The Bertz CT molecular complexity index is 630. The first-order chi connectivity index (χ1) is 10.6. The third kappa shape index (κ3) is 4.47. The van der Waals surface area contributed by atoms with E-state index in [1.165, 1.54) is 0 Å². The average Bonchev–Trinajstić information content (AvgIpc) is 2.91. The molecule has 0 aliphatic carbocycles. The van der Waals surface area contributed by atoms with Gasteiger partial charge in [0.2, 0.25) is 5.91 Å². The molecule has 0 fully saturated rings. The quantitative estimate of drug-likeness (QED) is 0.759. The van der Waals surface area contributed by atoms with Crippen LogP contribution in [0, 0.1) is 0 Å². The highest BCUT2D eigenvalue weighted by Gasteiger charge is 2.19. The maximum absolute atomic E-state index is 12.2. The van der Waals surface area contributed by atoms with E-state index in [0.717, 1.165) is 5.56 Å². The molecular weight excluding hydrogens is 304 g/mol. The number of ether oxygens (including phenoxy) is 1. The van der Waals surface area contributed by atoms with Crippen molar-refractivity contribution >= 4 is 17.5 Å². The molecule has 22 heavy (non-hydrogen) atoms. The number of rotatable bonds is 7. The molecule has 0 spiro atoms. The Hall–Kier alpha value is -2.05. The molecular formula is C15H19ClN4O2. The summed E-state index contributed by atoms with van der Waals surface area (Å²) in [5.74, 6) is 0.560. The van der Waals surface area contributed by atoms with Crippen molar-refractivity contribution in [2.45, 2.75) is 6.04 Å². The van der Waals surface area contributed by atoms with Gasteiger partial charge in [-0.3, -0.25) is 9.48 Å². The summed E-state index contributed by atoms with van der Waals surface area (Å²) in [4.78, 5) is 12.2. The average molecular weight is 323 g/mol. The van der Waals surface area contributed by atoms with E-state index in [4.69, 9.17) is 16.3 Å². The van der Waals surface area contributed by atoms with Gasteiger partial charge < -0.3 is 15.4 Å². The molecule has 1 heterocycles. The van der Waals surface area contributed by atoms with E-state index >= 15 is 0 Å². The Balaban J connectivity index is 1.79. The molecule has 2 rings (SSSR count). The van der Waals surface area contributed by atoms with Crippen LogP contribution in [0.15, 0.2) is 36.7 Å². The number of amides is 1. The van der Waals surface area contributed by atoms with Crippen LogP contribution in [0.5, 0.6) is 5.75 Å². The molecule has 0 saturated heterocycles. The standard InChI is InChI=1S/C15H19ClN4O2/c1-17-14(11-9-19-20(2)10-11)15(21)18-6-7-22-13-5-3-4-12(16)8-13/h3-5,8-10,14,17H,6-7H2,1-2H3,(H,18,21). The minimum atomic E-state index is -0.431. The molecule has 0 saturated carbocycles. The number of nitrogens with zero attached hydrogens (tertiary/aromatic N) is 2. The van der Waals surface area contributed by atoms with Crippen LogP contribution < -0.4 is 15.4 Å². The van der Waals surface area contributed by atoms with E-state index in [1.807, 2.05) is 25.4 Å². The van der Waals surface area contributed by atoms with Crippen molar-refractivity contribution in [1.82, 2.24) is 20.4 Å². The fourth-order valence-electron chi connectivity index (χ4n) is 2.04. The maximum Gasteiger partial charge on any atom is 0.241 e. The third-order valence-corrected chi connectivity index (χ3v) is 3.31. The van der Waals surface area contributed by atoms with Crippen LogP contribution in [0.25, 0.3) is 0 Å². The lowest BCUT2D eigenvalue weighted by Gasteiger charge is -2.14. The van der Waals surface area contributed by atoms with E-state index in [1.54, 1.807) is 30.1 Å². The van der Waals surface area contributed by atoms with Gasteiger partial charge in [0.15, 0.2) is 0 Å². The molecule has 0 aliphatic rings. The SMILES string of the molecule is CNC(C(=O)NCCOc1cccc(Cl)c1)c1cnn(C)c1. The lowest BCUT2D eigenvalue weighted by molar-refractivity contribution is -0.123. The lowest BCUT2D eigenvalue weighted by atomic mass is 10.1. The minimum absolute atomic E-state index is 0.120. The first-order valence-electron chi connectivity index (χ1n) is 6.92. The normalized spacial score (nSPS) is 12.0. The monoisotopic (exact) mass is 322 g/mol. The van der Waals surface area contributed by atoms with Gasteiger partial charge in [-0.15, -0.1) is 0 Å². The molecule has 0 bridgehead atoms. The van der Waals surface area contributed by atoms with Crippen LogP contribution in [0.2, 0.25) is 5.02 Å². The summed E-state index contributed by atoms with van der Waals surface area (Å²) in [6, 6.07) is 6.71. The minimum Gasteiger partial charge on any atom is -0.492 e. The van der Waals surface area contributed by atoms with Gasteiger partial charge in [-0.2, -0.15) is 5.10 Å². The van der Waals surface area contributed by atoms with Gasteiger partial charge in [-0.05, 0) is 25.2 Å². The fraction of sp³-hybridized carbons (Fsp3) is 0.333. The highest BCUT2D eigenvalue weighted by atomic mass is 35.5. The number of carbonyl (C=O) groups is 1. The highest BCUT2D eigenvalue weighted by molar-refractivity contribution is 6.30. The lowest BCUT2D eigenvalue weighted by Crippen LogP contribution is -2.37. The van der Waals surface area contributed by atoms with Crippen molar-refractivity contribution in [2.75, 3.05) is 20.2 Å². The van der Waals surface area contributed by atoms with Crippen molar-refractivity contribution in [3.8, 4) is 5.75 Å². The highest BCUT2D eigenvalue weighted by Crippen LogP contribution is 2.16. The van der Waals surface area contributed by atoms with E-state index in [9.17, 15) is 4.79 Å². The van der Waals surface area contributed by atoms with Crippen LogP contribution in [0.1, 0.15) is 11.6 Å². The number of hydrogen-bond acceptors (Lipinski definition) is 4. The number of benzene rings is 1. The van der Waals surface area contributed by atoms with E-state index in [0.29, 0.717) is 23.9 Å². The molecule has 1 unspecified atom stereocenters. The smallest absolute Gasteiger partial charge is 0.241 e. The molecule has 1 atom stereocenters. The Kier molecular flexibility index (Phi) is 5.80. The zero-order chi connectivity index (χ0) is 15.9. The first-order valence-corrected chi connectivity index (χ1v) is 7.30. The summed E-state index contributed by atoms with van der Waals surface area (Å²) in [6.45, 7) is 0.777. The zero-order valence-electron chi connectivity index (χ0n) is 12.5. The Morgan fingerprint density at radius 1 is 1.50 bits per heavy atom. The van der Waals surface area contributed by atoms with E-state index < -0.39 is 6.04 Å². The van der Waals surface area contributed by atoms with Crippen LogP contribution in [-0.2, 0) is 11.8 Å². The third-order valence-electron chi connectivity index (χ3n) is 3.08. The first kappa shape index (κ1) is 16.3. The molecule has 1 amide bonds. The Labute approximate surface area is 134 Å². The van der Waals surface area contributed by atoms with Crippen molar-refractivity contribution in [3.05, 3.63) is 47.2 Å². The summed E-state index contributed by atoms with van der Waals surface area (Å²) < 4.78 is 7.19. The van der Waals surface area contributed by atoms with Crippen LogP contribution in [-0.4, -0.2) is 35.9 Å². The molecule has 1 aromatic carbocycles. The van der Waals surface area contributed by atoms with E-state index in [2.05, 4.69) is 15.7 Å². The molecule has 2 N–H and O–H groups in total. The van der Waals surface area contributed by atoms with Gasteiger partial charge in [-0.25, -0.2) is 0 Å². The molecule has 7 heteroatoms. The van der Waals surface area contributed by atoms with Crippen LogP contribution >= 0.6 is 11.6 Å². The largest absolute Gasteiger partial charge is 0.492 e. The summed E-state index contributed by atoms with van der Waals surface area (Å²) in [5, 5.41) is 10.5. The summed E-state index contributed by atoms with van der Waals surface area (Å²) in [5.41, 5.74) is 0.818. The van der Waals surface area contributed by atoms with Gasteiger partial charge in [-0.1, -0.05) is 17.7 Å². The number of nitrogens with one attached hydrogen (secondary N) is 2.